The van der Waals surface area contributed by atoms with Gasteiger partial charge in [-0.25, -0.2) is 4.68 Å². The molecule has 1 aromatic heterocycles. The molecule has 0 atom stereocenters. The summed E-state index contributed by atoms with van der Waals surface area (Å²) in [7, 11) is 0. The summed E-state index contributed by atoms with van der Waals surface area (Å²) in [5.41, 5.74) is -0.0386. The number of aliphatic hydroxyl groups is 1. The molecule has 108 valence electrons. The second-order valence-corrected chi connectivity index (χ2v) is 5.81. The maximum Gasteiger partial charge on any atom is 0.287 e. The van der Waals surface area contributed by atoms with Crippen molar-refractivity contribution in [3.8, 4) is 0 Å². The first-order valence-electron chi connectivity index (χ1n) is 6.51. The van der Waals surface area contributed by atoms with E-state index in [1.54, 1.807) is 6.20 Å². The summed E-state index contributed by atoms with van der Waals surface area (Å²) in [5, 5.41) is 16.5. The lowest BCUT2D eigenvalue weighted by Crippen LogP contribution is -2.29. The normalized spacial score (nSPS) is 11.6. The van der Waals surface area contributed by atoms with E-state index in [1.165, 1.54) is 4.68 Å². The lowest BCUT2D eigenvalue weighted by atomic mass is 9.95. The fourth-order valence-electron chi connectivity index (χ4n) is 1.45. The van der Waals surface area contributed by atoms with Gasteiger partial charge < -0.3 is 10.4 Å². The molecule has 0 aliphatic carbocycles. The van der Waals surface area contributed by atoms with Crippen molar-refractivity contribution in [3.05, 3.63) is 21.6 Å². The predicted octanol–water partition coefficient (Wildman–Crippen LogP) is 2.13. The number of halogens is 1. The molecule has 0 saturated heterocycles. The molecule has 6 heteroatoms. The van der Waals surface area contributed by atoms with Crippen LogP contribution in [0.15, 0.2) is 11.0 Å². The highest BCUT2D eigenvalue weighted by molar-refractivity contribution is 6.32. The van der Waals surface area contributed by atoms with Crippen LogP contribution in [0.5, 0.6) is 0 Å². The highest BCUT2D eigenvalue weighted by Gasteiger charge is 2.17. The molecule has 1 rings (SSSR count). The summed E-state index contributed by atoms with van der Waals surface area (Å²) in [5.74, 6) is 0. The van der Waals surface area contributed by atoms with Gasteiger partial charge in [0.2, 0.25) is 0 Å². The number of nitrogens with zero attached hydrogens (tertiary/aromatic N) is 2. The molecular weight excluding hydrogens is 266 g/mol. The molecule has 1 aromatic rings. The third kappa shape index (κ3) is 4.51. The Bertz CT molecular complexity index is 471. The van der Waals surface area contributed by atoms with E-state index in [-0.39, 0.29) is 22.6 Å². The maximum atomic E-state index is 12.0. The van der Waals surface area contributed by atoms with Crippen molar-refractivity contribution in [2.75, 3.05) is 18.5 Å². The average molecular weight is 288 g/mol. The van der Waals surface area contributed by atoms with Gasteiger partial charge in [-0.05, 0) is 6.42 Å². The molecule has 0 amide bonds. The molecule has 0 fully saturated rings. The minimum absolute atomic E-state index is 0.0542. The quantitative estimate of drug-likeness (QED) is 0.806. The number of hydrogen-bond acceptors (Lipinski definition) is 4. The summed E-state index contributed by atoms with van der Waals surface area (Å²) in [4.78, 5) is 12.0. The van der Waals surface area contributed by atoms with Crippen molar-refractivity contribution in [1.29, 1.82) is 0 Å². The molecule has 2 N–H and O–H groups in total. The number of rotatable bonds is 7. The Morgan fingerprint density at radius 1 is 1.53 bits per heavy atom. The fraction of sp³-hybridized carbons (Fsp3) is 0.692. The van der Waals surface area contributed by atoms with Gasteiger partial charge in [-0.2, -0.15) is 5.10 Å². The first-order chi connectivity index (χ1) is 8.91. The fourth-order valence-corrected chi connectivity index (χ4v) is 1.66. The summed E-state index contributed by atoms with van der Waals surface area (Å²) in [6, 6.07) is 0. The third-order valence-electron chi connectivity index (χ3n) is 2.89. The number of aliphatic hydroxyl groups excluding tert-OH is 1. The van der Waals surface area contributed by atoms with Gasteiger partial charge in [0.25, 0.3) is 5.56 Å². The van der Waals surface area contributed by atoms with Crippen LogP contribution in [0.4, 0.5) is 5.69 Å². The Kier molecular flexibility index (Phi) is 5.82. The molecule has 0 unspecified atom stereocenters. The number of aryl methyl sites for hydroxylation is 1. The zero-order chi connectivity index (χ0) is 14.5. The molecule has 0 aromatic carbocycles. The lowest BCUT2D eigenvalue weighted by Gasteiger charge is -2.22. The van der Waals surface area contributed by atoms with Crippen LogP contribution < -0.4 is 10.9 Å². The van der Waals surface area contributed by atoms with Gasteiger partial charge in [-0.1, -0.05) is 38.8 Å². The molecule has 19 heavy (non-hydrogen) atoms. The summed E-state index contributed by atoms with van der Waals surface area (Å²) >= 11 is 6.05. The van der Waals surface area contributed by atoms with E-state index in [2.05, 4.69) is 17.3 Å². The van der Waals surface area contributed by atoms with Crippen LogP contribution in [0.2, 0.25) is 5.02 Å². The minimum Gasteiger partial charge on any atom is -0.396 e. The Labute approximate surface area is 118 Å². The average Bonchev–Trinajstić information content (AvgIpc) is 2.39. The van der Waals surface area contributed by atoms with Gasteiger partial charge in [0.05, 0.1) is 11.9 Å². The van der Waals surface area contributed by atoms with Crippen LogP contribution in [0.3, 0.4) is 0 Å². The third-order valence-corrected chi connectivity index (χ3v) is 3.26. The smallest absolute Gasteiger partial charge is 0.287 e. The predicted molar refractivity (Wildman–Crippen MR) is 77.8 cm³/mol. The number of unbranched alkanes of at least 4 members (excludes halogenated alkanes) is 1. The molecule has 5 nitrogen and oxygen atoms in total. The van der Waals surface area contributed by atoms with Crippen molar-refractivity contribution < 1.29 is 5.11 Å². The molecule has 0 bridgehead atoms. The SMILES string of the molecule is CCCCn1ncc(NCC(C)(C)CO)c(Cl)c1=O. The topological polar surface area (TPSA) is 67.2 Å². The Morgan fingerprint density at radius 2 is 2.21 bits per heavy atom. The molecule has 1 heterocycles. The van der Waals surface area contributed by atoms with Crippen LogP contribution in [-0.4, -0.2) is 28.0 Å². The summed E-state index contributed by atoms with van der Waals surface area (Å²) in [6.07, 6.45) is 3.46. The Balaban J connectivity index is 2.82. The lowest BCUT2D eigenvalue weighted by molar-refractivity contribution is 0.171. The van der Waals surface area contributed by atoms with Gasteiger partial charge in [-0.3, -0.25) is 4.79 Å². The Hall–Kier alpha value is -1.07. The highest BCUT2D eigenvalue weighted by Crippen LogP contribution is 2.19. The monoisotopic (exact) mass is 287 g/mol. The number of aromatic nitrogens is 2. The largest absolute Gasteiger partial charge is 0.396 e. The zero-order valence-corrected chi connectivity index (χ0v) is 12.5. The van der Waals surface area contributed by atoms with Crippen molar-refractivity contribution in [2.24, 2.45) is 5.41 Å². The number of anilines is 1. The van der Waals surface area contributed by atoms with Gasteiger partial charge in [0.15, 0.2) is 0 Å². The molecule has 0 radical (unpaired) electrons. The van der Waals surface area contributed by atoms with Crippen molar-refractivity contribution in [1.82, 2.24) is 9.78 Å². The van der Waals surface area contributed by atoms with Gasteiger partial charge in [0, 0.05) is 25.1 Å². The second-order valence-electron chi connectivity index (χ2n) is 5.43. The van der Waals surface area contributed by atoms with Gasteiger partial charge in [-0.15, -0.1) is 0 Å². The Morgan fingerprint density at radius 3 is 2.79 bits per heavy atom. The van der Waals surface area contributed by atoms with E-state index in [1.807, 2.05) is 13.8 Å². The maximum absolute atomic E-state index is 12.0. The van der Waals surface area contributed by atoms with E-state index >= 15 is 0 Å². The van der Waals surface area contributed by atoms with Gasteiger partial charge in [0.1, 0.15) is 5.02 Å². The molecule has 0 saturated carbocycles. The highest BCUT2D eigenvalue weighted by atomic mass is 35.5. The van der Waals surface area contributed by atoms with E-state index in [9.17, 15) is 9.90 Å². The van der Waals surface area contributed by atoms with Crippen LogP contribution in [0, 0.1) is 5.41 Å². The van der Waals surface area contributed by atoms with Crippen LogP contribution in [0.25, 0.3) is 0 Å². The standard InChI is InChI=1S/C13H22ClN3O2/c1-4-5-6-17-12(19)11(14)10(7-16-17)15-8-13(2,3)9-18/h7,15,18H,4-6,8-9H2,1-3H3. The van der Waals surface area contributed by atoms with E-state index in [0.29, 0.717) is 18.8 Å². The van der Waals surface area contributed by atoms with E-state index < -0.39 is 0 Å². The molecule has 0 spiro atoms. The van der Waals surface area contributed by atoms with Crippen molar-refractivity contribution in [3.63, 3.8) is 0 Å². The first-order valence-corrected chi connectivity index (χ1v) is 6.89. The first kappa shape index (κ1) is 16.0. The molecular formula is C13H22ClN3O2. The second kappa shape index (κ2) is 6.91. The van der Waals surface area contributed by atoms with Gasteiger partial charge >= 0.3 is 0 Å². The van der Waals surface area contributed by atoms with Crippen LogP contribution >= 0.6 is 11.6 Å². The molecule has 0 aliphatic rings. The van der Waals surface area contributed by atoms with Crippen molar-refractivity contribution >= 4 is 17.3 Å². The van der Waals surface area contributed by atoms with E-state index in [0.717, 1.165) is 12.8 Å². The van der Waals surface area contributed by atoms with Crippen LogP contribution in [-0.2, 0) is 6.54 Å². The van der Waals surface area contributed by atoms with E-state index in [4.69, 9.17) is 11.6 Å². The number of nitrogens with one attached hydrogen (secondary N) is 1. The zero-order valence-electron chi connectivity index (χ0n) is 11.7. The summed E-state index contributed by atoms with van der Waals surface area (Å²) < 4.78 is 1.38. The number of hydrogen-bond donors (Lipinski definition) is 2. The van der Waals surface area contributed by atoms with Crippen molar-refractivity contribution in [2.45, 2.75) is 40.2 Å². The minimum atomic E-state index is -0.277. The summed E-state index contributed by atoms with van der Waals surface area (Å²) in [6.45, 7) is 7.05. The van der Waals surface area contributed by atoms with Crippen LogP contribution in [0.1, 0.15) is 33.6 Å². The molecule has 0 aliphatic heterocycles.